The van der Waals surface area contributed by atoms with Gasteiger partial charge in [0.2, 0.25) is 0 Å². The summed E-state index contributed by atoms with van der Waals surface area (Å²) >= 11 is 0. The third kappa shape index (κ3) is 5.64. The SMILES string of the molecule is C=C[C@]1(/C=C/[C@H]2C(=C)CC[C@@H]3[C@]2(C)CCC[C@@]3(C)C(=O)OC)CCC=C(/C=C/[C@H]2C(=C)CC[C@@H]3[C@]2(C)CCC[C@@]3(C)C(=O)OC)C1. The van der Waals surface area contributed by atoms with Crippen LogP contribution >= 0.6 is 0 Å². The Balaban J connectivity index is 1.37. The van der Waals surface area contributed by atoms with Gasteiger partial charge in [-0.15, -0.1) is 6.58 Å². The average molecular weight is 629 g/mol. The Kier molecular flexibility index (Phi) is 9.64. The van der Waals surface area contributed by atoms with Crippen molar-refractivity contribution in [3.05, 3.63) is 72.9 Å². The molecule has 0 aliphatic heterocycles. The third-order valence-corrected chi connectivity index (χ3v) is 14.1. The van der Waals surface area contributed by atoms with Gasteiger partial charge in [-0.25, -0.2) is 0 Å². The van der Waals surface area contributed by atoms with Crippen LogP contribution < -0.4 is 0 Å². The summed E-state index contributed by atoms with van der Waals surface area (Å²) in [6.07, 6.45) is 27.2. The van der Waals surface area contributed by atoms with E-state index in [-0.39, 0.29) is 51.9 Å². The summed E-state index contributed by atoms with van der Waals surface area (Å²) in [6.45, 7) is 22.5. The number of rotatable bonds is 7. The van der Waals surface area contributed by atoms with E-state index in [1.54, 1.807) is 0 Å². The fourth-order valence-electron chi connectivity index (χ4n) is 11.5. The van der Waals surface area contributed by atoms with Crippen LogP contribution in [-0.4, -0.2) is 26.2 Å². The number of fused-ring (bicyclic) bond motifs is 2. The molecule has 5 aliphatic carbocycles. The lowest BCUT2D eigenvalue weighted by Crippen LogP contribution is -2.53. The molecule has 0 radical (unpaired) electrons. The summed E-state index contributed by atoms with van der Waals surface area (Å²) in [5.74, 6) is 0.922. The van der Waals surface area contributed by atoms with Crippen LogP contribution in [0.5, 0.6) is 0 Å². The van der Waals surface area contributed by atoms with Gasteiger partial charge in [0.25, 0.3) is 0 Å². The fraction of sp³-hybridized carbons (Fsp3) is 0.667. The molecule has 0 heterocycles. The molecule has 46 heavy (non-hydrogen) atoms. The highest BCUT2D eigenvalue weighted by Crippen LogP contribution is 2.63. The van der Waals surface area contributed by atoms with Crippen molar-refractivity contribution in [2.45, 2.75) is 111 Å². The van der Waals surface area contributed by atoms with Crippen molar-refractivity contribution in [3.63, 3.8) is 0 Å². The standard InChI is InChI=1S/C42H60O4/c1-10-42(27-21-33-30(3)16-20-35-39(33,5)23-13-25-41(35,7)37(44)46-9)26-11-14-31(28-42)17-18-32-29(2)15-19-34-38(32,4)22-12-24-40(34,6)36(43)45-8/h10,14,17-18,21,27,32-35H,1-3,11-13,15-16,19-20,22-26,28H2,4-9H3/b18-17+,27-21+/t32-,33-,34+,35+,38+,39+,40+,41+,42+/m0/s1. The molecule has 0 aromatic heterocycles. The minimum absolute atomic E-state index is 0.0102. The molecule has 0 aromatic rings. The zero-order valence-electron chi connectivity index (χ0n) is 29.7. The molecule has 0 aromatic carbocycles. The van der Waals surface area contributed by atoms with Crippen molar-refractivity contribution < 1.29 is 19.1 Å². The normalized spacial score (nSPS) is 43.0. The van der Waals surface area contributed by atoms with Gasteiger partial charge in [-0.05, 0) is 107 Å². The van der Waals surface area contributed by atoms with Crippen molar-refractivity contribution >= 4 is 11.9 Å². The van der Waals surface area contributed by atoms with Gasteiger partial charge in [-0.1, -0.05) is 93.0 Å². The van der Waals surface area contributed by atoms with E-state index in [2.05, 4.69) is 83.9 Å². The Morgan fingerprint density at radius 1 is 0.783 bits per heavy atom. The van der Waals surface area contributed by atoms with E-state index in [9.17, 15) is 9.59 Å². The van der Waals surface area contributed by atoms with Crippen molar-refractivity contribution in [3.8, 4) is 0 Å². The largest absolute Gasteiger partial charge is 0.469 e. The maximum atomic E-state index is 13.1. The molecule has 5 rings (SSSR count). The number of allylic oxidation sites excluding steroid dienone is 9. The Labute approximate surface area is 279 Å². The monoisotopic (exact) mass is 628 g/mol. The quantitative estimate of drug-likeness (QED) is 0.208. The summed E-state index contributed by atoms with van der Waals surface area (Å²) in [5, 5.41) is 0. The van der Waals surface area contributed by atoms with E-state index in [1.165, 1.54) is 30.9 Å². The molecule has 0 bridgehead atoms. The van der Waals surface area contributed by atoms with E-state index < -0.39 is 10.8 Å². The second-order valence-electron chi connectivity index (χ2n) is 16.6. The number of carbonyl (C=O) groups is 2. The number of ether oxygens (including phenoxy) is 2. The average Bonchev–Trinajstić information content (AvgIpc) is 3.03. The van der Waals surface area contributed by atoms with Gasteiger partial charge in [-0.2, -0.15) is 0 Å². The second-order valence-corrected chi connectivity index (χ2v) is 16.6. The molecule has 5 aliphatic rings. The zero-order chi connectivity index (χ0) is 33.5. The minimum Gasteiger partial charge on any atom is -0.469 e. The molecule has 0 spiro atoms. The molecule has 4 saturated carbocycles. The molecular weight excluding hydrogens is 568 g/mol. The smallest absolute Gasteiger partial charge is 0.311 e. The van der Waals surface area contributed by atoms with E-state index in [1.807, 2.05) is 0 Å². The molecule has 4 fully saturated rings. The van der Waals surface area contributed by atoms with Crippen molar-refractivity contribution in [2.75, 3.05) is 14.2 Å². The summed E-state index contributed by atoms with van der Waals surface area (Å²) in [5.41, 5.74) is 2.90. The Bertz CT molecular complexity index is 1350. The van der Waals surface area contributed by atoms with Gasteiger partial charge >= 0.3 is 11.9 Å². The van der Waals surface area contributed by atoms with E-state index in [0.29, 0.717) is 0 Å². The first kappa shape index (κ1) is 34.7. The first-order chi connectivity index (χ1) is 21.7. The number of methoxy groups -OCH3 is 2. The Hall–Kier alpha value is -2.62. The summed E-state index contributed by atoms with van der Waals surface area (Å²) in [4.78, 5) is 26.1. The first-order valence-corrected chi connectivity index (χ1v) is 18.0. The molecule has 9 atom stereocenters. The van der Waals surface area contributed by atoms with Crippen LogP contribution in [0.15, 0.2) is 72.9 Å². The predicted molar refractivity (Wildman–Crippen MR) is 188 cm³/mol. The van der Waals surface area contributed by atoms with Crippen LogP contribution in [0.2, 0.25) is 0 Å². The third-order valence-electron chi connectivity index (χ3n) is 14.1. The number of carbonyl (C=O) groups excluding carboxylic acids is 2. The molecule has 0 saturated heterocycles. The van der Waals surface area contributed by atoms with Crippen LogP contribution in [0.1, 0.15) is 111 Å². The molecule has 252 valence electrons. The molecule has 4 nitrogen and oxygen atoms in total. The van der Waals surface area contributed by atoms with Crippen LogP contribution in [0, 0.1) is 50.7 Å². The minimum atomic E-state index is -0.443. The molecule has 4 heteroatoms. The molecule has 0 amide bonds. The summed E-state index contributed by atoms with van der Waals surface area (Å²) < 4.78 is 10.7. The van der Waals surface area contributed by atoms with Crippen LogP contribution in [0.4, 0.5) is 0 Å². The predicted octanol–water partition coefficient (Wildman–Crippen LogP) is 10.3. The van der Waals surface area contributed by atoms with Crippen LogP contribution in [-0.2, 0) is 19.1 Å². The lowest BCUT2D eigenvalue weighted by molar-refractivity contribution is -0.167. The lowest BCUT2D eigenvalue weighted by atomic mass is 9.47. The number of hydrogen-bond acceptors (Lipinski definition) is 4. The van der Waals surface area contributed by atoms with Crippen LogP contribution in [0.25, 0.3) is 0 Å². The van der Waals surface area contributed by atoms with Gasteiger partial charge in [0.05, 0.1) is 25.0 Å². The van der Waals surface area contributed by atoms with E-state index >= 15 is 0 Å². The van der Waals surface area contributed by atoms with E-state index in [4.69, 9.17) is 9.47 Å². The Morgan fingerprint density at radius 3 is 1.76 bits per heavy atom. The highest BCUT2D eigenvalue weighted by atomic mass is 16.5. The number of hydrogen-bond donors (Lipinski definition) is 0. The van der Waals surface area contributed by atoms with Crippen molar-refractivity contribution in [1.29, 1.82) is 0 Å². The first-order valence-electron chi connectivity index (χ1n) is 18.0. The molecule has 0 unspecified atom stereocenters. The second kappa shape index (κ2) is 12.8. The summed E-state index contributed by atoms with van der Waals surface area (Å²) in [6, 6.07) is 0. The lowest BCUT2D eigenvalue weighted by Gasteiger charge is -2.57. The highest BCUT2D eigenvalue weighted by molar-refractivity contribution is 5.77. The fourth-order valence-corrected chi connectivity index (χ4v) is 11.5. The van der Waals surface area contributed by atoms with Gasteiger partial charge in [0.15, 0.2) is 0 Å². The highest BCUT2D eigenvalue weighted by Gasteiger charge is 2.58. The zero-order valence-corrected chi connectivity index (χ0v) is 29.7. The molecule has 0 N–H and O–H groups in total. The number of esters is 2. The van der Waals surface area contributed by atoms with Crippen molar-refractivity contribution in [2.24, 2.45) is 50.7 Å². The van der Waals surface area contributed by atoms with Gasteiger partial charge < -0.3 is 9.47 Å². The van der Waals surface area contributed by atoms with Gasteiger partial charge in [-0.3, -0.25) is 9.59 Å². The topological polar surface area (TPSA) is 52.6 Å². The Morgan fingerprint density at radius 2 is 1.28 bits per heavy atom. The summed E-state index contributed by atoms with van der Waals surface area (Å²) in [7, 11) is 3.07. The maximum Gasteiger partial charge on any atom is 0.311 e. The molecular formula is C42H60O4. The van der Waals surface area contributed by atoms with Crippen molar-refractivity contribution in [1.82, 2.24) is 0 Å². The van der Waals surface area contributed by atoms with Gasteiger partial charge in [0, 0.05) is 17.3 Å². The van der Waals surface area contributed by atoms with E-state index in [0.717, 1.165) is 83.5 Å². The van der Waals surface area contributed by atoms with Gasteiger partial charge in [0.1, 0.15) is 0 Å². The maximum absolute atomic E-state index is 13.1. The van der Waals surface area contributed by atoms with Crippen LogP contribution in [0.3, 0.4) is 0 Å².